The summed E-state index contributed by atoms with van der Waals surface area (Å²) in [6.07, 6.45) is 5.20. The van der Waals surface area contributed by atoms with Crippen LogP contribution in [0.15, 0.2) is 115 Å². The van der Waals surface area contributed by atoms with Crippen molar-refractivity contribution in [1.29, 1.82) is 0 Å². The van der Waals surface area contributed by atoms with Crippen molar-refractivity contribution in [1.82, 2.24) is 4.90 Å². The van der Waals surface area contributed by atoms with Crippen LogP contribution in [0.3, 0.4) is 0 Å². The van der Waals surface area contributed by atoms with Gasteiger partial charge in [0.05, 0.1) is 15.9 Å². The molecular formula is C34H33NO2S. The second-order valence-corrected chi connectivity index (χ2v) is 11.0. The van der Waals surface area contributed by atoms with E-state index < -0.39 is 0 Å². The summed E-state index contributed by atoms with van der Waals surface area (Å²) in [5, 5.41) is 0. The SMILES string of the molecule is O=C1c2ccccc2C(=O)N1CCCCCCCSC(c1ccccc1)(c1ccccc1)c1ccccc1. The largest absolute Gasteiger partial charge is 0.274 e. The van der Waals surface area contributed by atoms with Gasteiger partial charge in [-0.2, -0.15) is 0 Å². The van der Waals surface area contributed by atoms with Crippen molar-refractivity contribution >= 4 is 23.6 Å². The monoisotopic (exact) mass is 519 g/mol. The summed E-state index contributed by atoms with van der Waals surface area (Å²) < 4.78 is -0.269. The highest BCUT2D eigenvalue weighted by Crippen LogP contribution is 2.48. The second-order valence-electron chi connectivity index (χ2n) is 9.70. The van der Waals surface area contributed by atoms with Crippen LogP contribution in [0.5, 0.6) is 0 Å². The maximum atomic E-state index is 12.6. The number of hydrogen-bond donors (Lipinski definition) is 0. The summed E-state index contributed by atoms with van der Waals surface area (Å²) in [4.78, 5) is 26.5. The number of unbranched alkanes of at least 4 members (excludes halogenated alkanes) is 4. The van der Waals surface area contributed by atoms with Crippen LogP contribution in [0.25, 0.3) is 0 Å². The lowest BCUT2D eigenvalue weighted by atomic mass is 9.84. The minimum Gasteiger partial charge on any atom is -0.274 e. The van der Waals surface area contributed by atoms with E-state index in [1.54, 1.807) is 12.1 Å². The molecule has 4 heteroatoms. The molecule has 0 bridgehead atoms. The molecule has 1 aliphatic rings. The first-order valence-corrected chi connectivity index (χ1v) is 14.5. The molecule has 0 saturated heterocycles. The molecule has 1 heterocycles. The molecule has 0 spiro atoms. The summed E-state index contributed by atoms with van der Waals surface area (Å²) in [6.45, 7) is 0.500. The van der Waals surface area contributed by atoms with Gasteiger partial charge in [0, 0.05) is 6.54 Å². The molecule has 2 amide bonds. The fraction of sp³-hybridized carbons (Fsp3) is 0.235. The van der Waals surface area contributed by atoms with Crippen LogP contribution in [-0.4, -0.2) is 29.0 Å². The van der Waals surface area contributed by atoms with E-state index in [4.69, 9.17) is 0 Å². The number of benzene rings is 4. The molecule has 0 unspecified atom stereocenters. The van der Waals surface area contributed by atoms with Crippen LogP contribution >= 0.6 is 11.8 Å². The minimum absolute atomic E-state index is 0.152. The van der Waals surface area contributed by atoms with Crippen molar-refractivity contribution in [2.75, 3.05) is 12.3 Å². The molecule has 0 aromatic heterocycles. The van der Waals surface area contributed by atoms with Gasteiger partial charge in [-0.3, -0.25) is 14.5 Å². The zero-order valence-corrected chi connectivity index (χ0v) is 22.4. The predicted octanol–water partition coefficient (Wildman–Crippen LogP) is 7.96. The number of imide groups is 1. The van der Waals surface area contributed by atoms with Crippen molar-refractivity contribution in [2.45, 2.75) is 36.9 Å². The molecule has 3 nitrogen and oxygen atoms in total. The van der Waals surface area contributed by atoms with E-state index in [1.165, 1.54) is 21.6 Å². The van der Waals surface area contributed by atoms with Crippen molar-refractivity contribution in [3.8, 4) is 0 Å². The third-order valence-corrected chi connectivity index (χ3v) is 8.90. The molecule has 1 aliphatic heterocycles. The lowest BCUT2D eigenvalue weighted by molar-refractivity contribution is 0.0651. The zero-order valence-electron chi connectivity index (χ0n) is 21.6. The Morgan fingerprint density at radius 1 is 0.500 bits per heavy atom. The van der Waals surface area contributed by atoms with Gasteiger partial charge in [0.2, 0.25) is 0 Å². The van der Waals surface area contributed by atoms with Crippen molar-refractivity contribution < 1.29 is 9.59 Å². The third kappa shape index (κ3) is 5.32. The molecule has 0 fully saturated rings. The standard InChI is InChI=1S/C34H33NO2S/c36-32-30-23-13-14-24-31(30)33(37)35(32)25-15-2-1-3-16-26-38-34(27-17-7-4-8-18-27,28-19-9-5-10-20-28)29-21-11-6-12-22-29/h4-14,17-24H,1-3,15-16,25-26H2. The Labute approximate surface area is 229 Å². The molecule has 38 heavy (non-hydrogen) atoms. The first-order chi connectivity index (χ1) is 18.7. The number of amides is 2. The second kappa shape index (κ2) is 12.3. The van der Waals surface area contributed by atoms with Gasteiger partial charge in [0.1, 0.15) is 0 Å². The van der Waals surface area contributed by atoms with Crippen LogP contribution in [0, 0.1) is 0 Å². The lowest BCUT2D eigenvalue weighted by Gasteiger charge is -2.35. The summed E-state index contributed by atoms with van der Waals surface area (Å²) >= 11 is 2.01. The highest BCUT2D eigenvalue weighted by molar-refractivity contribution is 8.00. The van der Waals surface area contributed by atoms with Gasteiger partial charge in [0.25, 0.3) is 11.8 Å². The summed E-state index contributed by atoms with van der Waals surface area (Å²) in [6, 6.07) is 39.6. The molecule has 4 aromatic carbocycles. The number of fused-ring (bicyclic) bond motifs is 1. The molecule has 192 valence electrons. The van der Waals surface area contributed by atoms with Gasteiger partial charge in [-0.15, -0.1) is 11.8 Å². The lowest BCUT2D eigenvalue weighted by Crippen LogP contribution is -2.30. The van der Waals surface area contributed by atoms with Gasteiger partial charge in [-0.05, 0) is 47.4 Å². The molecule has 0 aliphatic carbocycles. The maximum absolute atomic E-state index is 12.6. The first-order valence-electron chi connectivity index (χ1n) is 13.5. The topological polar surface area (TPSA) is 37.4 Å². The van der Waals surface area contributed by atoms with E-state index >= 15 is 0 Å². The Morgan fingerprint density at radius 3 is 1.37 bits per heavy atom. The van der Waals surface area contributed by atoms with E-state index in [-0.39, 0.29) is 16.6 Å². The summed E-state index contributed by atoms with van der Waals surface area (Å²) in [5.74, 6) is 0.735. The zero-order chi connectivity index (χ0) is 26.2. The smallest absolute Gasteiger partial charge is 0.261 e. The van der Waals surface area contributed by atoms with Crippen LogP contribution in [0.4, 0.5) is 0 Å². The van der Waals surface area contributed by atoms with E-state index in [0.717, 1.165) is 37.9 Å². The van der Waals surface area contributed by atoms with Gasteiger partial charge >= 0.3 is 0 Å². The van der Waals surface area contributed by atoms with E-state index in [9.17, 15) is 9.59 Å². The van der Waals surface area contributed by atoms with Gasteiger partial charge in [0.15, 0.2) is 0 Å². The third-order valence-electron chi connectivity index (χ3n) is 7.26. The molecule has 0 saturated carbocycles. The number of carbonyl (C=O) groups is 2. The Hall–Kier alpha value is -3.63. The van der Waals surface area contributed by atoms with Crippen molar-refractivity contribution in [3.05, 3.63) is 143 Å². The normalized spacial score (nSPS) is 13.1. The highest BCUT2D eigenvalue weighted by atomic mass is 32.2. The van der Waals surface area contributed by atoms with Crippen molar-refractivity contribution in [2.24, 2.45) is 0 Å². The van der Waals surface area contributed by atoms with Crippen LogP contribution in [-0.2, 0) is 4.75 Å². The summed E-state index contributed by atoms with van der Waals surface area (Å²) in [7, 11) is 0. The molecule has 5 rings (SSSR count). The van der Waals surface area contributed by atoms with E-state index in [2.05, 4.69) is 91.0 Å². The summed E-state index contributed by atoms with van der Waals surface area (Å²) in [5.41, 5.74) is 4.96. The van der Waals surface area contributed by atoms with Gasteiger partial charge in [-0.1, -0.05) is 122 Å². The molecule has 0 atom stereocenters. The fourth-order valence-corrected chi connectivity index (χ4v) is 6.90. The van der Waals surface area contributed by atoms with Crippen LogP contribution in [0.1, 0.15) is 69.5 Å². The Kier molecular flexibility index (Phi) is 8.40. The number of hydrogen-bond acceptors (Lipinski definition) is 3. The molecule has 0 N–H and O–H groups in total. The van der Waals surface area contributed by atoms with Crippen molar-refractivity contribution in [3.63, 3.8) is 0 Å². The fourth-order valence-electron chi connectivity index (χ4n) is 5.34. The average molecular weight is 520 g/mol. The van der Waals surface area contributed by atoms with E-state index in [0.29, 0.717) is 17.7 Å². The number of carbonyl (C=O) groups excluding carboxylic acids is 2. The maximum Gasteiger partial charge on any atom is 0.261 e. The number of thioether (sulfide) groups is 1. The van der Waals surface area contributed by atoms with Gasteiger partial charge in [-0.25, -0.2) is 0 Å². The molecular weight excluding hydrogens is 486 g/mol. The predicted molar refractivity (Wildman–Crippen MR) is 157 cm³/mol. The number of rotatable bonds is 12. The minimum atomic E-state index is -0.269. The van der Waals surface area contributed by atoms with Crippen LogP contribution in [0.2, 0.25) is 0 Å². The Morgan fingerprint density at radius 2 is 0.895 bits per heavy atom. The Bertz CT molecular complexity index is 1220. The first kappa shape index (κ1) is 26.0. The van der Waals surface area contributed by atoms with Crippen LogP contribution < -0.4 is 0 Å². The van der Waals surface area contributed by atoms with Gasteiger partial charge < -0.3 is 0 Å². The molecule has 4 aromatic rings. The van der Waals surface area contributed by atoms with E-state index in [1.807, 2.05) is 23.9 Å². The average Bonchev–Trinajstić information content (AvgIpc) is 3.23. The Balaban J connectivity index is 1.18. The number of nitrogens with zero attached hydrogens (tertiary/aromatic N) is 1. The molecule has 0 radical (unpaired) electrons. The highest BCUT2D eigenvalue weighted by Gasteiger charge is 2.37. The quantitative estimate of drug-likeness (QED) is 0.108.